The zero-order chi connectivity index (χ0) is 12.3. The van der Waals surface area contributed by atoms with E-state index in [9.17, 15) is 4.79 Å². The third-order valence-electron chi connectivity index (χ3n) is 3.18. The zero-order valence-corrected chi connectivity index (χ0v) is 11.0. The van der Waals surface area contributed by atoms with Crippen LogP contribution in [0.15, 0.2) is 29.2 Å². The highest BCUT2D eigenvalue weighted by Crippen LogP contribution is 2.25. The van der Waals surface area contributed by atoms with Crippen molar-refractivity contribution in [3.05, 3.63) is 24.3 Å². The second kappa shape index (κ2) is 5.56. The van der Waals surface area contributed by atoms with Gasteiger partial charge in [-0.15, -0.1) is 11.8 Å². The van der Waals surface area contributed by atoms with E-state index in [4.69, 9.17) is 0 Å². The van der Waals surface area contributed by atoms with Crippen LogP contribution in [-0.2, 0) is 4.79 Å². The van der Waals surface area contributed by atoms with Gasteiger partial charge in [-0.25, -0.2) is 0 Å². The molecule has 2 rings (SSSR count). The van der Waals surface area contributed by atoms with Crippen molar-refractivity contribution in [2.75, 3.05) is 18.1 Å². The summed E-state index contributed by atoms with van der Waals surface area (Å²) in [6, 6.07) is 7.85. The Hall–Kier alpha value is -1.00. The third-order valence-corrected chi connectivity index (χ3v) is 3.98. The molecule has 2 unspecified atom stereocenters. The lowest BCUT2D eigenvalue weighted by atomic mass is 10.0. The number of para-hydroxylation sites is 1. The second-order valence-electron chi connectivity index (χ2n) is 4.39. The maximum Gasteiger partial charge on any atom is 0.241 e. The molecule has 1 fully saturated rings. The maximum absolute atomic E-state index is 12.1. The van der Waals surface area contributed by atoms with E-state index in [0.717, 1.165) is 23.5 Å². The average molecular weight is 250 g/mol. The van der Waals surface area contributed by atoms with E-state index < -0.39 is 0 Å². The Kier molecular flexibility index (Phi) is 4.07. The quantitative estimate of drug-likeness (QED) is 0.809. The van der Waals surface area contributed by atoms with Gasteiger partial charge in [0.15, 0.2) is 0 Å². The first-order chi connectivity index (χ1) is 8.22. The van der Waals surface area contributed by atoms with Crippen molar-refractivity contribution in [3.63, 3.8) is 0 Å². The fourth-order valence-electron chi connectivity index (χ4n) is 2.14. The van der Waals surface area contributed by atoms with Gasteiger partial charge in [-0.2, -0.15) is 0 Å². The Labute approximate surface area is 106 Å². The molecular weight excluding hydrogens is 232 g/mol. The largest absolute Gasteiger partial charge is 0.324 e. The van der Waals surface area contributed by atoms with E-state index in [1.807, 2.05) is 30.5 Å². The van der Waals surface area contributed by atoms with Crippen LogP contribution >= 0.6 is 11.8 Å². The van der Waals surface area contributed by atoms with Crippen molar-refractivity contribution in [2.45, 2.75) is 24.3 Å². The third kappa shape index (κ3) is 2.82. The molecule has 0 spiro atoms. The van der Waals surface area contributed by atoms with E-state index in [1.165, 1.54) is 0 Å². The standard InChI is InChI=1S/C13H18N2OS/c1-9-7-8-14-12(9)13(16)15-10-5-3-4-6-11(10)17-2/h3-6,9,12,14H,7-8H2,1-2H3,(H,15,16). The predicted molar refractivity (Wildman–Crippen MR) is 72.4 cm³/mol. The number of rotatable bonds is 3. The minimum Gasteiger partial charge on any atom is -0.324 e. The summed E-state index contributed by atoms with van der Waals surface area (Å²) >= 11 is 1.65. The van der Waals surface area contributed by atoms with Crippen LogP contribution in [0.5, 0.6) is 0 Å². The molecule has 1 aromatic carbocycles. The smallest absolute Gasteiger partial charge is 0.241 e. The summed E-state index contributed by atoms with van der Waals surface area (Å²) in [5.74, 6) is 0.493. The molecule has 0 aliphatic carbocycles. The highest BCUT2D eigenvalue weighted by molar-refractivity contribution is 7.98. The Morgan fingerprint density at radius 3 is 2.88 bits per heavy atom. The van der Waals surface area contributed by atoms with Gasteiger partial charge in [-0.3, -0.25) is 4.79 Å². The molecule has 1 aliphatic heterocycles. The van der Waals surface area contributed by atoms with Gasteiger partial charge in [0.2, 0.25) is 5.91 Å². The molecule has 17 heavy (non-hydrogen) atoms. The minimum atomic E-state index is -0.0510. The lowest BCUT2D eigenvalue weighted by Gasteiger charge is -2.16. The molecule has 1 heterocycles. The number of amides is 1. The molecule has 92 valence electrons. The molecule has 0 bridgehead atoms. The highest BCUT2D eigenvalue weighted by Gasteiger charge is 2.29. The predicted octanol–water partition coefficient (Wildman–Crippen LogP) is 2.34. The van der Waals surface area contributed by atoms with Gasteiger partial charge in [0, 0.05) is 4.90 Å². The van der Waals surface area contributed by atoms with E-state index in [0.29, 0.717) is 5.92 Å². The molecule has 1 aromatic rings. The Morgan fingerprint density at radius 1 is 1.47 bits per heavy atom. The summed E-state index contributed by atoms with van der Waals surface area (Å²) in [6.45, 7) is 3.05. The summed E-state index contributed by atoms with van der Waals surface area (Å²) in [5.41, 5.74) is 0.908. The van der Waals surface area contributed by atoms with Gasteiger partial charge in [-0.1, -0.05) is 19.1 Å². The SMILES string of the molecule is CSc1ccccc1NC(=O)C1NCCC1C. The summed E-state index contributed by atoms with van der Waals surface area (Å²) < 4.78 is 0. The van der Waals surface area contributed by atoms with Crippen molar-refractivity contribution < 1.29 is 4.79 Å². The molecule has 1 amide bonds. The number of anilines is 1. The van der Waals surface area contributed by atoms with Crippen molar-refractivity contribution in [1.29, 1.82) is 0 Å². The van der Waals surface area contributed by atoms with E-state index in [1.54, 1.807) is 11.8 Å². The Bertz CT molecular complexity index is 408. The summed E-state index contributed by atoms with van der Waals surface area (Å²) in [5, 5.41) is 6.26. The molecule has 1 aliphatic rings. The van der Waals surface area contributed by atoms with Crippen molar-refractivity contribution in [2.24, 2.45) is 5.92 Å². The number of benzene rings is 1. The van der Waals surface area contributed by atoms with Crippen molar-refractivity contribution in [3.8, 4) is 0 Å². The number of thioether (sulfide) groups is 1. The monoisotopic (exact) mass is 250 g/mol. The Balaban J connectivity index is 2.07. The van der Waals surface area contributed by atoms with Crippen LogP contribution in [0, 0.1) is 5.92 Å². The van der Waals surface area contributed by atoms with Crippen LogP contribution in [0.2, 0.25) is 0 Å². The molecule has 2 N–H and O–H groups in total. The van der Waals surface area contributed by atoms with Crippen LogP contribution < -0.4 is 10.6 Å². The van der Waals surface area contributed by atoms with Crippen LogP contribution in [0.3, 0.4) is 0 Å². The van der Waals surface area contributed by atoms with Gasteiger partial charge in [0.1, 0.15) is 0 Å². The fraction of sp³-hybridized carbons (Fsp3) is 0.462. The first-order valence-electron chi connectivity index (χ1n) is 5.89. The van der Waals surface area contributed by atoms with Crippen LogP contribution in [0.1, 0.15) is 13.3 Å². The number of carbonyl (C=O) groups is 1. The number of carbonyl (C=O) groups excluding carboxylic acids is 1. The first kappa shape index (κ1) is 12.5. The van der Waals surface area contributed by atoms with Gasteiger partial charge in [0.05, 0.1) is 11.7 Å². The summed E-state index contributed by atoms with van der Waals surface area (Å²) in [6.07, 6.45) is 3.09. The summed E-state index contributed by atoms with van der Waals surface area (Å²) in [4.78, 5) is 13.2. The van der Waals surface area contributed by atoms with Crippen LogP contribution in [0.4, 0.5) is 5.69 Å². The van der Waals surface area contributed by atoms with Crippen molar-refractivity contribution in [1.82, 2.24) is 5.32 Å². The minimum absolute atomic E-state index is 0.0510. The number of hydrogen-bond acceptors (Lipinski definition) is 3. The van der Waals surface area contributed by atoms with Gasteiger partial charge in [-0.05, 0) is 37.3 Å². The number of hydrogen-bond donors (Lipinski definition) is 2. The fourth-order valence-corrected chi connectivity index (χ4v) is 2.70. The second-order valence-corrected chi connectivity index (χ2v) is 5.24. The molecule has 4 heteroatoms. The van der Waals surface area contributed by atoms with Crippen molar-refractivity contribution >= 4 is 23.4 Å². The highest BCUT2D eigenvalue weighted by atomic mass is 32.2. The van der Waals surface area contributed by atoms with E-state index >= 15 is 0 Å². The lowest BCUT2D eigenvalue weighted by molar-refractivity contribution is -0.118. The molecular formula is C13H18N2OS. The zero-order valence-electron chi connectivity index (χ0n) is 10.2. The van der Waals surface area contributed by atoms with Gasteiger partial charge < -0.3 is 10.6 Å². The molecule has 2 atom stereocenters. The molecule has 0 aromatic heterocycles. The van der Waals surface area contributed by atoms with Crippen LogP contribution in [0.25, 0.3) is 0 Å². The molecule has 0 saturated carbocycles. The molecule has 3 nitrogen and oxygen atoms in total. The number of nitrogens with one attached hydrogen (secondary N) is 2. The van der Waals surface area contributed by atoms with Gasteiger partial charge in [0.25, 0.3) is 0 Å². The average Bonchev–Trinajstić information content (AvgIpc) is 2.76. The van der Waals surface area contributed by atoms with Crippen LogP contribution in [-0.4, -0.2) is 24.7 Å². The topological polar surface area (TPSA) is 41.1 Å². The summed E-state index contributed by atoms with van der Waals surface area (Å²) in [7, 11) is 0. The molecule has 0 radical (unpaired) electrons. The van der Waals surface area contributed by atoms with E-state index in [-0.39, 0.29) is 11.9 Å². The normalized spacial score (nSPS) is 23.6. The first-order valence-corrected chi connectivity index (χ1v) is 7.12. The lowest BCUT2D eigenvalue weighted by Crippen LogP contribution is -2.39. The Morgan fingerprint density at radius 2 is 2.24 bits per heavy atom. The van der Waals surface area contributed by atoms with Gasteiger partial charge >= 0.3 is 0 Å². The molecule has 1 saturated heterocycles. The van der Waals surface area contributed by atoms with E-state index in [2.05, 4.69) is 17.6 Å². The maximum atomic E-state index is 12.1.